The summed E-state index contributed by atoms with van der Waals surface area (Å²) in [7, 11) is 0. The van der Waals surface area contributed by atoms with E-state index >= 15 is 0 Å². The minimum Gasteiger partial charge on any atom is -0.306 e. The van der Waals surface area contributed by atoms with Crippen LogP contribution in [0.3, 0.4) is 0 Å². The maximum atomic E-state index is 13.3. The average Bonchev–Trinajstić information content (AvgIpc) is 2.85. The van der Waals surface area contributed by atoms with Crippen molar-refractivity contribution < 1.29 is 4.39 Å². The zero-order valence-electron chi connectivity index (χ0n) is 12.1. The second-order valence-corrected chi connectivity index (χ2v) is 5.61. The van der Waals surface area contributed by atoms with Crippen LogP contribution in [0.2, 0.25) is 0 Å². The Balaban J connectivity index is 2.42. The topological polar surface area (TPSA) is 37.8 Å². The molecule has 0 saturated heterocycles. The summed E-state index contributed by atoms with van der Waals surface area (Å²) in [6, 6.07) is 4.99. The molecule has 0 aliphatic rings. The minimum atomic E-state index is -0.197. The molecule has 0 saturated carbocycles. The molecule has 3 nitrogen and oxygen atoms in total. The summed E-state index contributed by atoms with van der Waals surface area (Å²) in [6.07, 6.45) is 1.97. The fourth-order valence-electron chi connectivity index (χ4n) is 2.36. The molecule has 0 amide bonds. The quantitative estimate of drug-likeness (QED) is 0.883. The molecule has 108 valence electrons. The van der Waals surface area contributed by atoms with Gasteiger partial charge in [-0.3, -0.25) is 0 Å². The van der Waals surface area contributed by atoms with Gasteiger partial charge in [0.15, 0.2) is 0 Å². The number of aromatic nitrogens is 2. The largest absolute Gasteiger partial charge is 0.306 e. The van der Waals surface area contributed by atoms with E-state index < -0.39 is 0 Å². The van der Waals surface area contributed by atoms with Gasteiger partial charge in [-0.2, -0.15) is 0 Å². The van der Waals surface area contributed by atoms with Crippen molar-refractivity contribution in [2.75, 3.05) is 6.54 Å². The van der Waals surface area contributed by atoms with E-state index in [1.165, 1.54) is 17.6 Å². The fraction of sp³-hybridized carbons (Fsp3) is 0.467. The summed E-state index contributed by atoms with van der Waals surface area (Å²) in [5, 5.41) is 7.70. The van der Waals surface area contributed by atoms with Crippen LogP contribution in [0.5, 0.6) is 0 Å². The molecule has 1 heterocycles. The van der Waals surface area contributed by atoms with E-state index in [0.717, 1.165) is 41.1 Å². The molecule has 0 fully saturated rings. The third-order valence-corrected chi connectivity index (χ3v) is 4.12. The van der Waals surface area contributed by atoms with Crippen molar-refractivity contribution in [2.24, 2.45) is 0 Å². The van der Waals surface area contributed by atoms with Crippen LogP contribution in [0.4, 0.5) is 4.39 Å². The number of aryl methyl sites for hydroxylation is 2. The van der Waals surface area contributed by atoms with Crippen LogP contribution < -0.4 is 5.32 Å². The second kappa shape index (κ2) is 6.90. The lowest BCUT2D eigenvalue weighted by atomic mass is 9.98. The predicted octanol–water partition coefficient (Wildman–Crippen LogP) is 3.64. The number of hydrogen-bond donors (Lipinski definition) is 1. The van der Waals surface area contributed by atoms with E-state index in [9.17, 15) is 4.39 Å². The van der Waals surface area contributed by atoms with E-state index in [1.54, 1.807) is 6.07 Å². The highest BCUT2D eigenvalue weighted by atomic mass is 32.1. The highest BCUT2D eigenvalue weighted by molar-refractivity contribution is 7.05. The third kappa shape index (κ3) is 3.22. The third-order valence-electron chi connectivity index (χ3n) is 3.29. The molecule has 1 aromatic heterocycles. The molecule has 0 bridgehead atoms. The molecule has 1 atom stereocenters. The van der Waals surface area contributed by atoms with Gasteiger partial charge in [-0.25, -0.2) is 4.39 Å². The van der Waals surface area contributed by atoms with E-state index in [1.807, 2.05) is 13.0 Å². The minimum absolute atomic E-state index is 0.0437. The van der Waals surface area contributed by atoms with Crippen LogP contribution in [-0.4, -0.2) is 16.1 Å². The number of nitrogens with one attached hydrogen (secondary N) is 1. The number of rotatable bonds is 6. The molecule has 0 aliphatic heterocycles. The van der Waals surface area contributed by atoms with Gasteiger partial charge in [0.2, 0.25) is 0 Å². The lowest BCUT2D eigenvalue weighted by Gasteiger charge is -2.19. The van der Waals surface area contributed by atoms with Gasteiger partial charge in [0.25, 0.3) is 0 Å². The molecule has 1 N–H and O–H groups in total. The first-order chi connectivity index (χ1) is 9.67. The molecule has 0 spiro atoms. The molecule has 5 heteroatoms. The lowest BCUT2D eigenvalue weighted by molar-refractivity contribution is 0.610. The zero-order valence-corrected chi connectivity index (χ0v) is 12.9. The van der Waals surface area contributed by atoms with Crippen LogP contribution in [0.25, 0.3) is 0 Å². The highest BCUT2D eigenvalue weighted by Gasteiger charge is 2.21. The molecule has 2 aromatic rings. The van der Waals surface area contributed by atoms with E-state index in [4.69, 9.17) is 0 Å². The molecule has 0 aliphatic carbocycles. The zero-order chi connectivity index (χ0) is 14.5. The van der Waals surface area contributed by atoms with Crippen LogP contribution in [0.15, 0.2) is 18.2 Å². The maximum Gasteiger partial charge on any atom is 0.123 e. The standard InChI is InChI=1S/C15H20FN3S/c1-4-6-13-15(20-19-18-13)14(17-5-2)12-8-7-11(16)9-10(12)3/h7-9,14,17H,4-6H2,1-3H3. The summed E-state index contributed by atoms with van der Waals surface area (Å²) in [6.45, 7) is 6.98. The fourth-order valence-corrected chi connectivity index (χ4v) is 3.15. The monoisotopic (exact) mass is 293 g/mol. The van der Waals surface area contributed by atoms with Crippen molar-refractivity contribution in [3.63, 3.8) is 0 Å². The number of benzene rings is 1. The Hall–Kier alpha value is -1.33. The Morgan fingerprint density at radius 3 is 2.80 bits per heavy atom. The van der Waals surface area contributed by atoms with Crippen molar-refractivity contribution in [3.8, 4) is 0 Å². The predicted molar refractivity (Wildman–Crippen MR) is 80.6 cm³/mol. The van der Waals surface area contributed by atoms with Crippen LogP contribution in [0, 0.1) is 12.7 Å². The van der Waals surface area contributed by atoms with Gasteiger partial charge in [-0.15, -0.1) is 5.10 Å². The number of hydrogen-bond acceptors (Lipinski definition) is 4. The first-order valence-electron chi connectivity index (χ1n) is 6.97. The molecule has 1 aromatic carbocycles. The Morgan fingerprint density at radius 2 is 2.15 bits per heavy atom. The summed E-state index contributed by atoms with van der Waals surface area (Å²) >= 11 is 1.43. The normalized spacial score (nSPS) is 12.6. The smallest absolute Gasteiger partial charge is 0.123 e. The van der Waals surface area contributed by atoms with Crippen molar-refractivity contribution in [1.82, 2.24) is 14.9 Å². The van der Waals surface area contributed by atoms with Crippen LogP contribution >= 0.6 is 11.5 Å². The molecule has 20 heavy (non-hydrogen) atoms. The second-order valence-electron chi connectivity index (χ2n) is 4.83. The number of nitrogens with zero attached hydrogens (tertiary/aromatic N) is 2. The molecule has 2 rings (SSSR count). The van der Waals surface area contributed by atoms with Gasteiger partial charge in [0.1, 0.15) is 5.82 Å². The van der Waals surface area contributed by atoms with Gasteiger partial charge in [-0.1, -0.05) is 30.8 Å². The first-order valence-corrected chi connectivity index (χ1v) is 7.75. The Bertz CT molecular complexity index is 568. The molecular formula is C15H20FN3S. The molecule has 1 unspecified atom stereocenters. The first kappa shape index (κ1) is 15.1. The summed E-state index contributed by atoms with van der Waals surface area (Å²) in [5.74, 6) is -0.197. The van der Waals surface area contributed by atoms with E-state index in [2.05, 4.69) is 28.8 Å². The lowest BCUT2D eigenvalue weighted by Crippen LogP contribution is -2.23. The van der Waals surface area contributed by atoms with Gasteiger partial charge in [-0.05, 0) is 54.7 Å². The Labute approximate surface area is 123 Å². The Morgan fingerprint density at radius 1 is 1.35 bits per heavy atom. The SMILES string of the molecule is CCCc1nnsc1C(NCC)c1ccc(F)cc1C. The van der Waals surface area contributed by atoms with Gasteiger partial charge < -0.3 is 5.32 Å². The van der Waals surface area contributed by atoms with Gasteiger partial charge in [0, 0.05) is 0 Å². The van der Waals surface area contributed by atoms with Crippen LogP contribution in [-0.2, 0) is 6.42 Å². The van der Waals surface area contributed by atoms with Crippen molar-refractivity contribution >= 4 is 11.5 Å². The van der Waals surface area contributed by atoms with Gasteiger partial charge >= 0.3 is 0 Å². The summed E-state index contributed by atoms with van der Waals surface area (Å²) in [5.41, 5.74) is 3.09. The Kier molecular flexibility index (Phi) is 5.20. The maximum absolute atomic E-state index is 13.3. The molecule has 0 radical (unpaired) electrons. The van der Waals surface area contributed by atoms with Gasteiger partial charge in [0.05, 0.1) is 16.6 Å². The van der Waals surface area contributed by atoms with E-state index in [0.29, 0.717) is 0 Å². The van der Waals surface area contributed by atoms with Crippen molar-refractivity contribution in [2.45, 2.75) is 39.7 Å². The van der Waals surface area contributed by atoms with Crippen LogP contribution in [0.1, 0.15) is 48.0 Å². The molecular weight excluding hydrogens is 273 g/mol. The highest BCUT2D eigenvalue weighted by Crippen LogP contribution is 2.30. The average molecular weight is 293 g/mol. The van der Waals surface area contributed by atoms with Crippen molar-refractivity contribution in [1.29, 1.82) is 0 Å². The summed E-state index contributed by atoms with van der Waals surface area (Å²) in [4.78, 5) is 1.14. The number of halogens is 1. The van der Waals surface area contributed by atoms with Crippen molar-refractivity contribution in [3.05, 3.63) is 45.7 Å². The van der Waals surface area contributed by atoms with E-state index in [-0.39, 0.29) is 11.9 Å². The summed E-state index contributed by atoms with van der Waals surface area (Å²) < 4.78 is 17.4.